The van der Waals surface area contributed by atoms with Crippen molar-refractivity contribution >= 4 is 23.2 Å². The maximum Gasteiger partial charge on any atom is 0.255 e. The number of aromatic nitrogens is 2. The van der Waals surface area contributed by atoms with E-state index in [0.717, 1.165) is 5.56 Å². The van der Waals surface area contributed by atoms with E-state index < -0.39 is 0 Å². The number of aryl methyl sites for hydroxylation is 1. The molecule has 0 aliphatic carbocycles. The molecule has 0 atom stereocenters. The third kappa shape index (κ3) is 4.08. The van der Waals surface area contributed by atoms with Gasteiger partial charge in [0.2, 0.25) is 17.7 Å². The summed E-state index contributed by atoms with van der Waals surface area (Å²) in [6, 6.07) is 13.8. The number of carbonyl (C=O) groups is 2. The van der Waals surface area contributed by atoms with Gasteiger partial charge in [0.1, 0.15) is 0 Å². The van der Waals surface area contributed by atoms with Gasteiger partial charge in [-0.3, -0.25) is 9.59 Å². The topological polar surface area (TPSA) is 97.1 Å². The average Bonchev–Trinajstić information content (AvgIpc) is 3.01. The minimum atomic E-state index is -0.270. The van der Waals surface area contributed by atoms with Gasteiger partial charge in [0.15, 0.2) is 0 Å². The number of hydrogen-bond donors (Lipinski definition) is 2. The molecule has 3 aromatic rings. The summed E-state index contributed by atoms with van der Waals surface area (Å²) in [4.78, 5) is 23.5. The van der Waals surface area contributed by atoms with Gasteiger partial charge in [-0.1, -0.05) is 6.07 Å². The number of amides is 2. The van der Waals surface area contributed by atoms with Crippen LogP contribution in [0.5, 0.6) is 0 Å². The van der Waals surface area contributed by atoms with Crippen molar-refractivity contribution in [2.75, 3.05) is 10.6 Å². The van der Waals surface area contributed by atoms with Gasteiger partial charge in [-0.05, 0) is 42.5 Å². The number of nitrogens with zero attached hydrogens (tertiary/aromatic N) is 2. The molecular weight excluding hydrogens is 320 g/mol. The van der Waals surface area contributed by atoms with E-state index in [4.69, 9.17) is 4.42 Å². The van der Waals surface area contributed by atoms with Crippen molar-refractivity contribution in [1.29, 1.82) is 0 Å². The van der Waals surface area contributed by atoms with Gasteiger partial charge in [0.25, 0.3) is 5.91 Å². The fourth-order valence-corrected chi connectivity index (χ4v) is 2.25. The normalized spacial score (nSPS) is 10.3. The van der Waals surface area contributed by atoms with Crippen molar-refractivity contribution in [3.63, 3.8) is 0 Å². The highest BCUT2D eigenvalue weighted by molar-refractivity contribution is 6.05. The Bertz CT molecular complexity index is 916. The zero-order valence-corrected chi connectivity index (χ0v) is 13.7. The van der Waals surface area contributed by atoms with Crippen LogP contribution in [0.3, 0.4) is 0 Å². The Labute approximate surface area is 144 Å². The molecule has 126 valence electrons. The molecule has 0 radical (unpaired) electrons. The zero-order chi connectivity index (χ0) is 17.8. The minimum Gasteiger partial charge on any atom is -0.421 e. The lowest BCUT2D eigenvalue weighted by atomic mass is 10.1. The Morgan fingerprint density at radius 1 is 0.960 bits per heavy atom. The molecule has 0 aliphatic rings. The van der Waals surface area contributed by atoms with Gasteiger partial charge < -0.3 is 15.1 Å². The zero-order valence-electron chi connectivity index (χ0n) is 13.7. The lowest BCUT2D eigenvalue weighted by Gasteiger charge is -2.08. The molecule has 2 amide bonds. The van der Waals surface area contributed by atoms with Crippen LogP contribution in [0.15, 0.2) is 52.9 Å². The first-order valence-corrected chi connectivity index (χ1v) is 7.61. The smallest absolute Gasteiger partial charge is 0.255 e. The number of hydrogen-bond acceptors (Lipinski definition) is 5. The first kappa shape index (κ1) is 16.4. The van der Waals surface area contributed by atoms with Crippen LogP contribution in [-0.4, -0.2) is 22.0 Å². The lowest BCUT2D eigenvalue weighted by Crippen LogP contribution is -2.13. The molecule has 0 saturated carbocycles. The van der Waals surface area contributed by atoms with Crippen LogP contribution >= 0.6 is 0 Å². The summed E-state index contributed by atoms with van der Waals surface area (Å²) in [6.45, 7) is 3.14. The van der Waals surface area contributed by atoms with Crippen LogP contribution in [0.1, 0.15) is 23.2 Å². The van der Waals surface area contributed by atoms with Crippen LogP contribution in [0, 0.1) is 6.92 Å². The molecule has 0 bridgehead atoms. The molecule has 0 aliphatic heterocycles. The summed E-state index contributed by atoms with van der Waals surface area (Å²) in [6.07, 6.45) is 0. The van der Waals surface area contributed by atoms with Crippen molar-refractivity contribution < 1.29 is 14.0 Å². The van der Waals surface area contributed by atoms with Crippen molar-refractivity contribution in [3.05, 3.63) is 60.0 Å². The number of anilines is 2. The van der Waals surface area contributed by atoms with Crippen molar-refractivity contribution in [3.8, 4) is 11.5 Å². The molecule has 0 unspecified atom stereocenters. The Kier molecular flexibility index (Phi) is 4.56. The predicted octanol–water partition coefficient (Wildman–Crippen LogP) is 3.26. The maximum atomic E-state index is 12.3. The second kappa shape index (κ2) is 6.96. The van der Waals surface area contributed by atoms with Gasteiger partial charge in [-0.25, -0.2) is 0 Å². The standard InChI is InChI=1S/C18H16N4O3/c1-11(23)19-16-5-3-4-14(10-16)17(24)20-15-8-6-13(7-9-15)18-22-21-12(2)25-18/h3-10H,1-2H3,(H,19,23)(H,20,24). The van der Waals surface area contributed by atoms with Crippen molar-refractivity contribution in [2.45, 2.75) is 13.8 Å². The van der Waals surface area contributed by atoms with Gasteiger partial charge in [0.05, 0.1) is 0 Å². The fraction of sp³-hybridized carbons (Fsp3) is 0.111. The average molecular weight is 336 g/mol. The van der Waals surface area contributed by atoms with E-state index in [1.165, 1.54) is 6.92 Å². The van der Waals surface area contributed by atoms with Crippen molar-refractivity contribution in [2.24, 2.45) is 0 Å². The lowest BCUT2D eigenvalue weighted by molar-refractivity contribution is -0.114. The fourth-order valence-electron chi connectivity index (χ4n) is 2.25. The van der Waals surface area contributed by atoms with Crippen LogP contribution in [0.2, 0.25) is 0 Å². The van der Waals surface area contributed by atoms with Crippen LogP contribution in [-0.2, 0) is 4.79 Å². The third-order valence-corrected chi connectivity index (χ3v) is 3.36. The Morgan fingerprint density at radius 2 is 1.72 bits per heavy atom. The van der Waals surface area contributed by atoms with E-state index >= 15 is 0 Å². The number of rotatable bonds is 4. The summed E-state index contributed by atoms with van der Waals surface area (Å²) in [7, 11) is 0. The molecule has 3 rings (SSSR count). The highest BCUT2D eigenvalue weighted by Gasteiger charge is 2.09. The monoisotopic (exact) mass is 336 g/mol. The largest absolute Gasteiger partial charge is 0.421 e. The highest BCUT2D eigenvalue weighted by atomic mass is 16.4. The van der Waals surface area contributed by atoms with Gasteiger partial charge in [-0.15, -0.1) is 10.2 Å². The molecule has 0 saturated heterocycles. The molecule has 0 spiro atoms. The van der Waals surface area contributed by atoms with Crippen molar-refractivity contribution in [1.82, 2.24) is 10.2 Å². The Morgan fingerprint density at radius 3 is 2.36 bits per heavy atom. The Balaban J connectivity index is 1.71. The maximum absolute atomic E-state index is 12.3. The number of nitrogens with one attached hydrogen (secondary N) is 2. The number of carbonyl (C=O) groups excluding carboxylic acids is 2. The van der Waals surface area contributed by atoms with Gasteiger partial charge in [0, 0.05) is 36.3 Å². The van der Waals surface area contributed by atoms with Gasteiger partial charge >= 0.3 is 0 Å². The molecule has 1 heterocycles. The van der Waals surface area contributed by atoms with E-state index in [0.29, 0.717) is 28.7 Å². The first-order valence-electron chi connectivity index (χ1n) is 7.61. The van der Waals surface area contributed by atoms with E-state index in [9.17, 15) is 9.59 Å². The van der Waals surface area contributed by atoms with E-state index in [-0.39, 0.29) is 11.8 Å². The van der Waals surface area contributed by atoms with Crippen LogP contribution in [0.25, 0.3) is 11.5 Å². The molecule has 7 heteroatoms. The Hall–Kier alpha value is -3.48. The number of benzene rings is 2. The molecule has 1 aromatic heterocycles. The van der Waals surface area contributed by atoms with Crippen LogP contribution in [0.4, 0.5) is 11.4 Å². The van der Waals surface area contributed by atoms with E-state index in [2.05, 4.69) is 20.8 Å². The molecule has 7 nitrogen and oxygen atoms in total. The van der Waals surface area contributed by atoms with E-state index in [1.807, 2.05) is 0 Å². The molecule has 2 N–H and O–H groups in total. The molecule has 2 aromatic carbocycles. The summed E-state index contributed by atoms with van der Waals surface area (Å²) in [5.74, 6) is 0.461. The third-order valence-electron chi connectivity index (χ3n) is 3.36. The minimum absolute atomic E-state index is 0.190. The van der Waals surface area contributed by atoms with Crippen LogP contribution < -0.4 is 10.6 Å². The summed E-state index contributed by atoms with van der Waals surface area (Å²) in [5.41, 5.74) is 2.42. The van der Waals surface area contributed by atoms with E-state index in [1.54, 1.807) is 55.5 Å². The highest BCUT2D eigenvalue weighted by Crippen LogP contribution is 2.20. The molecule has 0 fully saturated rings. The SMILES string of the molecule is CC(=O)Nc1cccc(C(=O)Nc2ccc(-c3nnc(C)o3)cc2)c1. The second-order valence-corrected chi connectivity index (χ2v) is 5.42. The first-order chi connectivity index (χ1) is 12.0. The molecular formula is C18H16N4O3. The van der Waals surface area contributed by atoms with Gasteiger partial charge in [-0.2, -0.15) is 0 Å². The quantitative estimate of drug-likeness (QED) is 0.762. The summed E-state index contributed by atoms with van der Waals surface area (Å²) < 4.78 is 5.36. The summed E-state index contributed by atoms with van der Waals surface area (Å²) in [5, 5.41) is 13.2. The predicted molar refractivity (Wildman–Crippen MR) is 93.2 cm³/mol. The second-order valence-electron chi connectivity index (χ2n) is 5.42. The molecule has 25 heavy (non-hydrogen) atoms. The summed E-state index contributed by atoms with van der Waals surface area (Å²) >= 11 is 0.